The minimum Gasteiger partial charge on any atom is -0.462 e. The first-order chi connectivity index (χ1) is 42.2. The third-order valence-electron chi connectivity index (χ3n) is 15.9. The quantitative estimate of drug-likeness (QED) is 0.0222. The maximum atomic E-state index is 13.0. The minimum absolute atomic E-state index is 0.105. The van der Waals surface area contributed by atoms with E-state index in [0.717, 1.165) is 109 Å². The predicted octanol–water partition coefficient (Wildman–Crippen LogP) is 19.5. The maximum Gasteiger partial charge on any atom is 0.472 e. The number of aliphatic hydroxyl groups excluding tert-OH is 1. The molecule has 2 unspecified atom stereocenters. The summed E-state index contributed by atoms with van der Waals surface area (Å²) in [5.74, 6) is -2.13. The van der Waals surface area contributed by atoms with Crippen LogP contribution >= 0.6 is 15.6 Å². The third-order valence-corrected chi connectivity index (χ3v) is 17.8. The zero-order chi connectivity index (χ0) is 64.0. The summed E-state index contributed by atoms with van der Waals surface area (Å²) in [6.07, 6.45) is 50.4. The normalized spacial score (nSPS) is 14.1. The van der Waals surface area contributed by atoms with E-state index in [2.05, 4.69) is 27.7 Å². The van der Waals surface area contributed by atoms with Crippen molar-refractivity contribution in [3.05, 3.63) is 0 Å². The average Bonchev–Trinajstić information content (AvgIpc) is 3.56. The molecular weight excluding hydrogens is 1150 g/mol. The van der Waals surface area contributed by atoms with Gasteiger partial charge in [0.25, 0.3) is 0 Å². The van der Waals surface area contributed by atoms with Gasteiger partial charge in [0.15, 0.2) is 12.2 Å². The van der Waals surface area contributed by atoms with Crippen molar-refractivity contribution < 1.29 is 80.2 Å². The van der Waals surface area contributed by atoms with Gasteiger partial charge >= 0.3 is 39.5 Å². The van der Waals surface area contributed by atoms with Crippen LogP contribution in [0.2, 0.25) is 0 Å². The van der Waals surface area contributed by atoms with Crippen LogP contribution in [0, 0.1) is 0 Å². The second-order valence-corrected chi connectivity index (χ2v) is 27.5. The molecule has 516 valence electrons. The van der Waals surface area contributed by atoms with Crippen LogP contribution in [0.15, 0.2) is 0 Å². The summed E-state index contributed by atoms with van der Waals surface area (Å²) in [6.45, 7) is 4.84. The Morgan fingerprint density at radius 3 is 0.678 bits per heavy atom. The number of carbonyl (C=O) groups excluding carboxylic acids is 4. The Labute approximate surface area is 530 Å². The van der Waals surface area contributed by atoms with E-state index in [9.17, 15) is 43.2 Å². The molecule has 17 nitrogen and oxygen atoms in total. The van der Waals surface area contributed by atoms with Crippen molar-refractivity contribution in [1.82, 2.24) is 0 Å². The molecule has 0 saturated heterocycles. The van der Waals surface area contributed by atoms with Crippen LogP contribution in [0.1, 0.15) is 355 Å². The van der Waals surface area contributed by atoms with Gasteiger partial charge in [-0.05, 0) is 25.7 Å². The molecule has 0 spiro atoms. The number of ether oxygens (including phenoxy) is 4. The summed E-state index contributed by atoms with van der Waals surface area (Å²) in [4.78, 5) is 72.1. The summed E-state index contributed by atoms with van der Waals surface area (Å²) in [5.41, 5.74) is 0. The topological polar surface area (TPSA) is 237 Å². The van der Waals surface area contributed by atoms with Gasteiger partial charge in [0.2, 0.25) is 0 Å². The highest BCUT2D eigenvalue weighted by molar-refractivity contribution is 7.47. The van der Waals surface area contributed by atoms with Crippen LogP contribution in [-0.2, 0) is 65.4 Å². The van der Waals surface area contributed by atoms with E-state index in [4.69, 9.17) is 37.0 Å². The van der Waals surface area contributed by atoms with Crippen molar-refractivity contribution >= 4 is 39.5 Å². The number of hydrogen-bond acceptors (Lipinski definition) is 15. The molecule has 0 aromatic carbocycles. The second kappa shape index (κ2) is 62.8. The molecule has 3 N–H and O–H groups in total. The van der Waals surface area contributed by atoms with Crippen LogP contribution in [-0.4, -0.2) is 96.7 Å². The molecular formula is C68H132O17P2. The number of aliphatic hydroxyl groups is 1. The first-order valence-corrected chi connectivity index (χ1v) is 38.8. The molecule has 0 heterocycles. The summed E-state index contributed by atoms with van der Waals surface area (Å²) in [6, 6.07) is 0. The molecule has 0 aromatic heterocycles. The largest absolute Gasteiger partial charge is 0.472 e. The van der Waals surface area contributed by atoms with Crippen LogP contribution in [0.4, 0.5) is 0 Å². The Morgan fingerprint density at radius 1 is 0.276 bits per heavy atom. The van der Waals surface area contributed by atoms with Gasteiger partial charge in [-0.3, -0.25) is 37.3 Å². The van der Waals surface area contributed by atoms with E-state index in [1.165, 1.54) is 167 Å². The Bertz CT molecular complexity index is 1670. The molecule has 0 radical (unpaired) electrons. The number of unbranched alkanes of at least 4 members (excludes halogenated alkanes) is 43. The van der Waals surface area contributed by atoms with Crippen molar-refractivity contribution in [3.8, 4) is 0 Å². The van der Waals surface area contributed by atoms with Crippen molar-refractivity contribution in [2.45, 2.75) is 373 Å². The van der Waals surface area contributed by atoms with E-state index >= 15 is 0 Å². The summed E-state index contributed by atoms with van der Waals surface area (Å²) >= 11 is 0. The van der Waals surface area contributed by atoms with Crippen LogP contribution in [0.3, 0.4) is 0 Å². The zero-order valence-electron chi connectivity index (χ0n) is 56.0. The van der Waals surface area contributed by atoms with E-state index in [0.29, 0.717) is 25.7 Å². The predicted molar refractivity (Wildman–Crippen MR) is 349 cm³/mol. The fraction of sp³-hybridized carbons (Fsp3) is 0.941. The van der Waals surface area contributed by atoms with Gasteiger partial charge in [-0.15, -0.1) is 0 Å². The Morgan fingerprint density at radius 2 is 0.460 bits per heavy atom. The smallest absolute Gasteiger partial charge is 0.462 e. The Hall–Kier alpha value is -1.94. The lowest BCUT2D eigenvalue weighted by atomic mass is 10.0. The highest BCUT2D eigenvalue weighted by Crippen LogP contribution is 2.45. The fourth-order valence-corrected chi connectivity index (χ4v) is 11.9. The van der Waals surface area contributed by atoms with E-state index in [1.807, 2.05) is 0 Å². The molecule has 0 aliphatic carbocycles. The van der Waals surface area contributed by atoms with Gasteiger partial charge in [-0.25, -0.2) is 9.13 Å². The van der Waals surface area contributed by atoms with Crippen molar-refractivity contribution in [3.63, 3.8) is 0 Å². The molecule has 0 aromatic rings. The maximum absolute atomic E-state index is 13.0. The first-order valence-electron chi connectivity index (χ1n) is 35.8. The third kappa shape index (κ3) is 62.6. The van der Waals surface area contributed by atoms with E-state index < -0.39 is 97.5 Å². The number of phosphoric acid groups is 2. The van der Waals surface area contributed by atoms with Crippen molar-refractivity contribution in [2.75, 3.05) is 39.6 Å². The SMILES string of the molecule is CCCCCCCCCCCCCCCCCCCCCCCCC(=O)O[C@H](COC(=O)CCCCCCCCCCCC)COP(=O)(O)OC[C@@H](O)COP(=O)(O)OC[C@@H](COC(=O)CCCCCCCCC)OC(=O)CCCCCCCCCC. The lowest BCUT2D eigenvalue weighted by Crippen LogP contribution is -2.30. The minimum atomic E-state index is -4.94. The highest BCUT2D eigenvalue weighted by atomic mass is 31.2. The highest BCUT2D eigenvalue weighted by Gasteiger charge is 2.30. The molecule has 0 fully saturated rings. The molecule has 0 aliphatic rings. The fourth-order valence-electron chi connectivity index (χ4n) is 10.3. The zero-order valence-corrected chi connectivity index (χ0v) is 57.8. The number of esters is 4. The van der Waals surface area contributed by atoms with Crippen LogP contribution in [0.5, 0.6) is 0 Å². The van der Waals surface area contributed by atoms with Gasteiger partial charge in [0, 0.05) is 25.7 Å². The monoisotopic (exact) mass is 1280 g/mol. The van der Waals surface area contributed by atoms with Crippen molar-refractivity contribution in [2.24, 2.45) is 0 Å². The van der Waals surface area contributed by atoms with Gasteiger partial charge < -0.3 is 33.8 Å². The van der Waals surface area contributed by atoms with Gasteiger partial charge in [-0.2, -0.15) is 0 Å². The Balaban J connectivity index is 5.06. The number of hydrogen-bond donors (Lipinski definition) is 3. The molecule has 0 aliphatic heterocycles. The lowest BCUT2D eigenvalue weighted by Gasteiger charge is -2.21. The van der Waals surface area contributed by atoms with E-state index in [-0.39, 0.29) is 25.7 Å². The molecule has 5 atom stereocenters. The molecule has 19 heteroatoms. The molecule has 0 rings (SSSR count). The second-order valence-electron chi connectivity index (χ2n) is 24.6. The number of phosphoric ester groups is 2. The van der Waals surface area contributed by atoms with E-state index in [1.54, 1.807) is 0 Å². The molecule has 0 saturated carbocycles. The first kappa shape index (κ1) is 85.1. The number of carbonyl (C=O) groups is 4. The van der Waals surface area contributed by atoms with Crippen LogP contribution in [0.25, 0.3) is 0 Å². The lowest BCUT2D eigenvalue weighted by molar-refractivity contribution is -0.161. The molecule has 87 heavy (non-hydrogen) atoms. The van der Waals surface area contributed by atoms with Crippen molar-refractivity contribution in [1.29, 1.82) is 0 Å². The van der Waals surface area contributed by atoms with Gasteiger partial charge in [-0.1, -0.05) is 304 Å². The summed E-state index contributed by atoms with van der Waals surface area (Å²) in [5, 5.41) is 10.5. The van der Waals surface area contributed by atoms with Gasteiger partial charge in [0.1, 0.15) is 19.3 Å². The average molecular weight is 1280 g/mol. The summed E-state index contributed by atoms with van der Waals surface area (Å²) in [7, 11) is -9.88. The standard InChI is InChI=1S/C68H132O17P2/c1-5-9-13-17-21-24-26-27-28-29-30-31-32-33-34-35-36-37-39-43-47-51-55-68(73)85-64(59-79-66(71)53-49-45-42-38-25-22-18-14-10-6-2)61-83-87(76,77)81-57-62(69)56-80-86(74,75)82-60-63(58-78-65(70)52-48-44-40-20-16-12-8-4)84-67(72)54-50-46-41-23-19-15-11-7-3/h62-64,69H,5-61H2,1-4H3,(H,74,75)(H,76,77)/t62-,63+,64+/m0/s1. The number of rotatable bonds is 69. The molecule has 0 amide bonds. The Kier molecular flexibility index (Phi) is 61.4. The summed E-state index contributed by atoms with van der Waals surface area (Å²) < 4.78 is 67.9. The molecule has 0 bridgehead atoms. The van der Waals surface area contributed by atoms with Gasteiger partial charge in [0.05, 0.1) is 26.4 Å². The van der Waals surface area contributed by atoms with Crippen LogP contribution < -0.4 is 0 Å².